The molecule has 2 amide bonds. The Labute approximate surface area is 167 Å². The number of carbonyl (C=O) groups is 1. The van der Waals surface area contributed by atoms with Crippen molar-refractivity contribution in [2.75, 3.05) is 6.61 Å². The summed E-state index contributed by atoms with van der Waals surface area (Å²) < 4.78 is 0. The summed E-state index contributed by atoms with van der Waals surface area (Å²) in [6, 6.07) is 9.65. The van der Waals surface area contributed by atoms with Crippen LogP contribution in [0.4, 0.5) is 4.79 Å². The van der Waals surface area contributed by atoms with Crippen molar-refractivity contribution in [1.29, 1.82) is 5.26 Å². The van der Waals surface area contributed by atoms with Crippen LogP contribution < -0.4 is 5.32 Å². The standard InChI is InChI=1S/C23H29N3O2/c24-14-20-22(19-13-7-6-12-18(19)16-8-2-1-3-9-16)21(15-27)26(20)23(28)25-17-10-4-5-11-17/h6-8,12-13,17,20-22,27H,1-5,9-11,15H2,(H,25,28)/t20-,21+,22-/m0/s1. The molecule has 28 heavy (non-hydrogen) atoms. The van der Waals surface area contributed by atoms with Crippen molar-refractivity contribution in [3.63, 3.8) is 0 Å². The van der Waals surface area contributed by atoms with Crippen LogP contribution in [-0.2, 0) is 0 Å². The number of hydrogen-bond donors (Lipinski definition) is 2. The SMILES string of the molecule is N#C[C@H]1[C@H](c2ccccc2C2=CCCCC2)[C@@H](CO)N1C(=O)NC1CCCC1. The molecule has 1 heterocycles. The zero-order valence-corrected chi connectivity index (χ0v) is 16.3. The van der Waals surface area contributed by atoms with Crippen molar-refractivity contribution in [2.24, 2.45) is 0 Å². The van der Waals surface area contributed by atoms with E-state index in [1.165, 1.54) is 24.0 Å². The smallest absolute Gasteiger partial charge is 0.319 e. The minimum Gasteiger partial charge on any atom is -0.394 e. The molecule has 2 N–H and O–H groups in total. The predicted molar refractivity (Wildman–Crippen MR) is 109 cm³/mol. The Kier molecular flexibility index (Phi) is 5.68. The quantitative estimate of drug-likeness (QED) is 0.832. The number of allylic oxidation sites excluding steroid dienone is 2. The number of nitrogens with zero attached hydrogens (tertiary/aromatic N) is 2. The summed E-state index contributed by atoms with van der Waals surface area (Å²) in [5.74, 6) is -0.150. The van der Waals surface area contributed by atoms with Crippen LogP contribution in [0.2, 0.25) is 0 Å². The number of benzene rings is 1. The number of rotatable bonds is 4. The summed E-state index contributed by atoms with van der Waals surface area (Å²) in [4.78, 5) is 14.4. The molecule has 1 aromatic rings. The minimum atomic E-state index is -0.538. The lowest BCUT2D eigenvalue weighted by molar-refractivity contribution is 0.0157. The molecule has 3 atom stereocenters. The molecule has 5 nitrogen and oxygen atoms in total. The third-order valence-electron chi connectivity index (χ3n) is 6.61. The van der Waals surface area contributed by atoms with Gasteiger partial charge in [0.25, 0.3) is 0 Å². The maximum atomic E-state index is 12.8. The second-order valence-corrected chi connectivity index (χ2v) is 8.25. The molecule has 2 fully saturated rings. The highest BCUT2D eigenvalue weighted by Gasteiger charge is 2.52. The molecule has 5 heteroatoms. The van der Waals surface area contributed by atoms with E-state index in [-0.39, 0.29) is 30.6 Å². The molecule has 0 bridgehead atoms. The summed E-state index contributed by atoms with van der Waals surface area (Å²) >= 11 is 0. The topological polar surface area (TPSA) is 76.4 Å². The van der Waals surface area contributed by atoms with Crippen molar-refractivity contribution >= 4 is 11.6 Å². The van der Waals surface area contributed by atoms with Crippen molar-refractivity contribution in [2.45, 2.75) is 75.4 Å². The van der Waals surface area contributed by atoms with Gasteiger partial charge in [-0.25, -0.2) is 4.79 Å². The highest BCUT2D eigenvalue weighted by atomic mass is 16.3. The molecule has 0 radical (unpaired) electrons. The van der Waals surface area contributed by atoms with Gasteiger partial charge in [0, 0.05) is 12.0 Å². The van der Waals surface area contributed by atoms with Gasteiger partial charge in [0.1, 0.15) is 6.04 Å². The van der Waals surface area contributed by atoms with E-state index in [0.29, 0.717) is 0 Å². The van der Waals surface area contributed by atoms with Crippen LogP contribution in [0.25, 0.3) is 5.57 Å². The normalized spacial score (nSPS) is 27.6. The van der Waals surface area contributed by atoms with Gasteiger partial charge in [-0.05, 0) is 55.2 Å². The number of nitrogens with one attached hydrogen (secondary N) is 1. The third-order valence-corrected chi connectivity index (χ3v) is 6.61. The van der Waals surface area contributed by atoms with Crippen LogP contribution >= 0.6 is 0 Å². The number of nitriles is 1. The fourth-order valence-electron chi connectivity index (χ4n) is 5.14. The third kappa shape index (κ3) is 3.42. The first-order valence-electron chi connectivity index (χ1n) is 10.6. The highest BCUT2D eigenvalue weighted by molar-refractivity contribution is 5.78. The van der Waals surface area contributed by atoms with Crippen LogP contribution in [0.5, 0.6) is 0 Å². The monoisotopic (exact) mass is 379 g/mol. The van der Waals surface area contributed by atoms with Crippen LogP contribution in [0.1, 0.15) is 68.4 Å². The highest BCUT2D eigenvalue weighted by Crippen LogP contribution is 2.44. The molecule has 4 rings (SSSR count). The van der Waals surface area contributed by atoms with Crippen molar-refractivity contribution in [3.8, 4) is 6.07 Å². The molecule has 0 spiro atoms. The lowest BCUT2D eigenvalue weighted by atomic mass is 9.73. The summed E-state index contributed by atoms with van der Waals surface area (Å²) in [7, 11) is 0. The minimum absolute atomic E-state index is 0.131. The largest absolute Gasteiger partial charge is 0.394 e. The van der Waals surface area contributed by atoms with E-state index in [9.17, 15) is 15.2 Å². The molecule has 3 aliphatic rings. The van der Waals surface area contributed by atoms with Gasteiger partial charge in [-0.3, -0.25) is 0 Å². The average molecular weight is 380 g/mol. The van der Waals surface area contributed by atoms with Crippen molar-refractivity contribution < 1.29 is 9.90 Å². The number of amides is 2. The van der Waals surface area contributed by atoms with Gasteiger partial charge in [-0.15, -0.1) is 0 Å². The summed E-state index contributed by atoms with van der Waals surface area (Å²) in [5, 5.41) is 23.0. The van der Waals surface area contributed by atoms with E-state index in [1.807, 2.05) is 12.1 Å². The fraction of sp³-hybridized carbons (Fsp3) is 0.565. The molecular weight excluding hydrogens is 350 g/mol. The average Bonchev–Trinajstić information content (AvgIpc) is 3.22. The first kappa shape index (κ1) is 19.0. The van der Waals surface area contributed by atoms with E-state index in [0.717, 1.165) is 44.1 Å². The fourth-order valence-corrected chi connectivity index (χ4v) is 5.14. The molecule has 1 saturated heterocycles. The van der Waals surface area contributed by atoms with Crippen LogP contribution in [0, 0.1) is 11.3 Å². The molecule has 148 valence electrons. The summed E-state index contributed by atoms with van der Waals surface area (Å²) in [6.07, 6.45) is 11.1. The van der Waals surface area contributed by atoms with Gasteiger partial charge >= 0.3 is 6.03 Å². The Bertz CT molecular complexity index is 791. The number of aliphatic hydroxyl groups excluding tert-OH is 1. The summed E-state index contributed by atoms with van der Waals surface area (Å²) in [5.41, 5.74) is 3.61. The Morgan fingerprint density at radius 1 is 1.21 bits per heavy atom. The van der Waals surface area contributed by atoms with Gasteiger partial charge in [-0.2, -0.15) is 5.26 Å². The number of hydrogen-bond acceptors (Lipinski definition) is 3. The molecular formula is C23H29N3O2. The van der Waals surface area contributed by atoms with Crippen LogP contribution in [0.3, 0.4) is 0 Å². The lowest BCUT2D eigenvalue weighted by Crippen LogP contribution is -2.67. The molecule has 0 aromatic heterocycles. The van der Waals surface area contributed by atoms with Crippen LogP contribution in [-0.4, -0.2) is 40.8 Å². The maximum absolute atomic E-state index is 12.8. The zero-order valence-electron chi connectivity index (χ0n) is 16.3. The van der Waals surface area contributed by atoms with E-state index in [2.05, 4.69) is 29.6 Å². The van der Waals surface area contributed by atoms with E-state index in [1.54, 1.807) is 4.90 Å². The second-order valence-electron chi connectivity index (χ2n) is 8.25. The van der Waals surface area contributed by atoms with Gasteiger partial charge in [0.15, 0.2) is 0 Å². The number of urea groups is 1. The Hall–Kier alpha value is -2.32. The maximum Gasteiger partial charge on any atom is 0.319 e. The number of likely N-dealkylation sites (tertiary alicyclic amines) is 1. The van der Waals surface area contributed by atoms with Gasteiger partial charge < -0.3 is 15.3 Å². The Balaban J connectivity index is 1.59. The van der Waals surface area contributed by atoms with E-state index >= 15 is 0 Å². The van der Waals surface area contributed by atoms with Gasteiger partial charge in [0.05, 0.1) is 18.7 Å². The number of aliphatic hydroxyl groups is 1. The molecule has 0 unspecified atom stereocenters. The van der Waals surface area contributed by atoms with E-state index < -0.39 is 6.04 Å². The summed E-state index contributed by atoms with van der Waals surface area (Å²) in [6.45, 7) is -0.131. The molecule has 1 aliphatic heterocycles. The number of carbonyl (C=O) groups excluding carboxylic acids is 1. The second kappa shape index (κ2) is 8.36. The zero-order chi connectivity index (χ0) is 19.5. The van der Waals surface area contributed by atoms with Crippen LogP contribution in [0.15, 0.2) is 30.3 Å². The molecule has 1 aromatic carbocycles. The van der Waals surface area contributed by atoms with Crippen molar-refractivity contribution in [3.05, 3.63) is 41.5 Å². The Morgan fingerprint density at radius 2 is 2.00 bits per heavy atom. The first-order chi connectivity index (χ1) is 13.7. The van der Waals surface area contributed by atoms with Gasteiger partial charge in [-0.1, -0.05) is 43.2 Å². The molecule has 2 aliphatic carbocycles. The van der Waals surface area contributed by atoms with Gasteiger partial charge in [0.2, 0.25) is 0 Å². The lowest BCUT2D eigenvalue weighted by Gasteiger charge is -2.52. The van der Waals surface area contributed by atoms with Crippen molar-refractivity contribution in [1.82, 2.24) is 10.2 Å². The van der Waals surface area contributed by atoms with E-state index in [4.69, 9.17) is 0 Å². The molecule has 1 saturated carbocycles. The first-order valence-corrected chi connectivity index (χ1v) is 10.6. The predicted octanol–water partition coefficient (Wildman–Crippen LogP) is 3.95. The Morgan fingerprint density at radius 3 is 2.68 bits per heavy atom.